The lowest BCUT2D eigenvalue weighted by Crippen LogP contribution is -2.63. The van der Waals surface area contributed by atoms with Crippen molar-refractivity contribution in [1.29, 1.82) is 0 Å². The van der Waals surface area contributed by atoms with Gasteiger partial charge in [0.1, 0.15) is 47.3 Å². The van der Waals surface area contributed by atoms with E-state index < -0.39 is 71.8 Å². The van der Waals surface area contributed by atoms with Crippen LogP contribution in [-0.2, 0) is 39.7 Å². The number of benzene rings is 3. The first kappa shape index (κ1) is 44.6. The summed E-state index contributed by atoms with van der Waals surface area (Å²) in [7, 11) is 5.94. The third kappa shape index (κ3) is 8.65. The Morgan fingerprint density at radius 1 is 1.08 bits per heavy atom. The Labute approximate surface area is 366 Å². The summed E-state index contributed by atoms with van der Waals surface area (Å²) in [5.41, 5.74) is 3.23. The van der Waals surface area contributed by atoms with Gasteiger partial charge in [-0.1, -0.05) is 90.9 Å². The number of anilines is 1. The number of esters is 1. The maximum absolute atomic E-state index is 14.3. The van der Waals surface area contributed by atoms with E-state index in [0.29, 0.717) is 17.9 Å². The van der Waals surface area contributed by atoms with Gasteiger partial charge in [0, 0.05) is 39.5 Å². The molecule has 4 aliphatic rings. The summed E-state index contributed by atoms with van der Waals surface area (Å²) in [5, 5.41) is 14.6. The third-order valence-corrected chi connectivity index (χ3v) is 13.1. The summed E-state index contributed by atoms with van der Waals surface area (Å²) in [6.45, 7) is 6.99. The van der Waals surface area contributed by atoms with Gasteiger partial charge in [0.25, 0.3) is 0 Å². The predicted octanol–water partition coefficient (Wildman–Crippen LogP) is 6.94. The van der Waals surface area contributed by atoms with Crippen LogP contribution in [0.4, 0.5) is 15.3 Å². The molecular weight excluding hydrogens is 818 g/mol. The van der Waals surface area contributed by atoms with Crippen molar-refractivity contribution in [3.05, 3.63) is 106 Å². The number of likely N-dealkylation sites (N-methyl/N-ethyl adjacent to an activating group) is 1. The molecule has 2 N–H and O–H groups in total. The van der Waals surface area contributed by atoms with Crippen molar-refractivity contribution >= 4 is 41.4 Å². The van der Waals surface area contributed by atoms with E-state index in [1.54, 1.807) is 45.2 Å². The van der Waals surface area contributed by atoms with Gasteiger partial charge in [0.15, 0.2) is 5.72 Å². The van der Waals surface area contributed by atoms with Gasteiger partial charge in [-0.25, -0.2) is 14.4 Å². The van der Waals surface area contributed by atoms with Crippen molar-refractivity contribution in [2.24, 2.45) is 5.92 Å². The number of hydrogen-bond acceptors (Lipinski definition) is 11. The minimum absolute atomic E-state index is 0.0517. The lowest BCUT2D eigenvalue weighted by atomic mass is 9.83. The number of carbonyl (C=O) groups is 4. The number of nitrogens with one attached hydrogen (secondary N) is 1. The largest absolute Gasteiger partial charge is 0.495 e. The van der Waals surface area contributed by atoms with Gasteiger partial charge >= 0.3 is 18.2 Å². The first-order valence-electron chi connectivity index (χ1n) is 20.7. The fourth-order valence-corrected chi connectivity index (χ4v) is 9.17. The maximum Gasteiger partial charge on any atom is 0.410 e. The lowest BCUT2D eigenvalue weighted by Gasteiger charge is -2.42. The average Bonchev–Trinajstić information content (AvgIpc) is 3.85. The summed E-state index contributed by atoms with van der Waals surface area (Å²) in [6.07, 6.45) is -0.0284. The Morgan fingerprint density at radius 2 is 1.74 bits per heavy atom. The number of ether oxygens (including phenoxy) is 6. The van der Waals surface area contributed by atoms with E-state index in [-0.39, 0.29) is 30.4 Å². The van der Waals surface area contributed by atoms with Crippen molar-refractivity contribution < 1.29 is 52.7 Å². The highest BCUT2D eigenvalue weighted by Crippen LogP contribution is 2.49. The molecule has 0 aromatic heterocycles. The summed E-state index contributed by atoms with van der Waals surface area (Å²) in [6, 6.07) is 18.4. The maximum atomic E-state index is 14.3. The van der Waals surface area contributed by atoms with Crippen LogP contribution < -0.4 is 15.0 Å². The summed E-state index contributed by atoms with van der Waals surface area (Å²) in [4.78, 5) is 57.5. The molecule has 15 heteroatoms. The van der Waals surface area contributed by atoms with Gasteiger partial charge < -0.3 is 38.4 Å². The number of amides is 3. The standard InChI is InChI=1S/C47H54ClN3O11/c1-26-14-13-19-38(58-8)47(56)24-37(60-44(54)49-47)27(2)42-46(4,62-42)39(23-40(52)51(6)35-21-29(20-26)22-36(57-7)41(35)48)61-43(53)28(3)50(5)45(55)59-25-34-32-17-11-9-15-30(32)31-16-10-12-18-33(31)34/h9-19,21-22,27-28,34,37-39,42,56H,20,23-25H2,1-8H3,(H,49,54)/b19-13+,26-14+/t27-,28+,37+,38-,39+,42+,46+,47+/m1/s1. The number of allylic oxidation sites excluding steroid dienone is 3. The molecule has 2 saturated heterocycles. The Bertz CT molecular complexity index is 2250. The first-order chi connectivity index (χ1) is 29.5. The number of epoxide rings is 1. The summed E-state index contributed by atoms with van der Waals surface area (Å²) < 4.78 is 35.3. The molecule has 330 valence electrons. The number of alkyl carbamates (subject to hydrolysis) is 1. The van der Waals surface area contributed by atoms with E-state index in [2.05, 4.69) is 5.32 Å². The first-order valence-corrected chi connectivity index (χ1v) is 21.0. The van der Waals surface area contributed by atoms with Gasteiger partial charge in [-0.2, -0.15) is 0 Å². The lowest BCUT2D eigenvalue weighted by molar-refractivity contribution is -0.158. The Kier molecular flexibility index (Phi) is 12.8. The monoisotopic (exact) mass is 871 g/mol. The van der Waals surface area contributed by atoms with E-state index in [0.717, 1.165) is 38.3 Å². The Morgan fingerprint density at radius 3 is 2.39 bits per heavy atom. The predicted molar refractivity (Wildman–Crippen MR) is 231 cm³/mol. The second kappa shape index (κ2) is 17.8. The fraction of sp³-hybridized carbons (Fsp3) is 0.447. The van der Waals surface area contributed by atoms with Gasteiger partial charge in [-0.3, -0.25) is 15.0 Å². The number of halogens is 1. The molecule has 3 aliphatic heterocycles. The smallest absolute Gasteiger partial charge is 0.410 e. The van der Waals surface area contributed by atoms with Gasteiger partial charge in [-0.05, 0) is 67.1 Å². The molecule has 0 saturated carbocycles. The quantitative estimate of drug-likeness (QED) is 0.144. The fourth-order valence-electron chi connectivity index (χ4n) is 8.86. The van der Waals surface area contributed by atoms with Crippen LogP contribution in [0.15, 0.2) is 84.5 Å². The number of rotatable bonds is 7. The highest BCUT2D eigenvalue weighted by atomic mass is 35.5. The van der Waals surface area contributed by atoms with Gasteiger partial charge in [0.2, 0.25) is 5.91 Å². The van der Waals surface area contributed by atoms with E-state index in [1.807, 2.05) is 61.5 Å². The van der Waals surface area contributed by atoms with Crippen LogP contribution >= 0.6 is 11.6 Å². The zero-order chi connectivity index (χ0) is 44.7. The molecule has 3 aromatic rings. The Balaban J connectivity index is 1.15. The molecule has 4 bridgehead atoms. The molecule has 0 radical (unpaired) electrons. The highest BCUT2D eigenvalue weighted by Gasteiger charge is 2.64. The van der Waals surface area contributed by atoms with E-state index in [1.165, 1.54) is 33.1 Å². The highest BCUT2D eigenvalue weighted by molar-refractivity contribution is 6.35. The van der Waals surface area contributed by atoms with Crippen molar-refractivity contribution in [1.82, 2.24) is 10.2 Å². The number of carbonyl (C=O) groups excluding carboxylic acids is 4. The van der Waals surface area contributed by atoms with Crippen LogP contribution in [0.25, 0.3) is 11.1 Å². The number of fused-ring (bicyclic) bond motifs is 8. The second-order valence-electron chi connectivity index (χ2n) is 16.8. The minimum atomic E-state index is -1.85. The zero-order valence-corrected chi connectivity index (χ0v) is 36.9. The molecule has 3 amide bonds. The SMILES string of the molecule is COc1cc2cc(c1Cl)N(C)C(=O)C[C@H](OC(=O)[C@H](C)N(C)C(=O)OCC1c3ccccc3-c3ccccc31)[C@]1(C)O[C@H]1[C@H](C)[C@@H]1C[C@@](O)(NC(=O)O1)[C@H](OC)/C=C/C=C(\C)C2. The van der Waals surface area contributed by atoms with Crippen molar-refractivity contribution in [2.75, 3.05) is 39.8 Å². The van der Waals surface area contributed by atoms with Gasteiger partial charge in [0.05, 0.1) is 25.3 Å². The van der Waals surface area contributed by atoms with Gasteiger partial charge in [-0.15, -0.1) is 0 Å². The van der Waals surface area contributed by atoms with E-state index in [9.17, 15) is 24.3 Å². The number of nitrogens with zero attached hydrogens (tertiary/aromatic N) is 2. The van der Waals surface area contributed by atoms with Crippen molar-refractivity contribution in [3.63, 3.8) is 0 Å². The van der Waals surface area contributed by atoms with Crippen LogP contribution in [0, 0.1) is 5.92 Å². The molecule has 7 rings (SSSR count). The van der Waals surface area contributed by atoms with Crippen LogP contribution in [0.2, 0.25) is 5.02 Å². The summed E-state index contributed by atoms with van der Waals surface area (Å²) in [5.74, 6) is -1.65. The number of aliphatic hydroxyl groups is 1. The summed E-state index contributed by atoms with van der Waals surface area (Å²) >= 11 is 6.81. The number of methoxy groups -OCH3 is 2. The van der Waals surface area contributed by atoms with Crippen LogP contribution in [0.3, 0.4) is 0 Å². The molecule has 3 aromatic carbocycles. The van der Waals surface area contributed by atoms with Crippen LogP contribution in [0.1, 0.15) is 63.1 Å². The molecule has 8 atom stereocenters. The minimum Gasteiger partial charge on any atom is -0.495 e. The van der Waals surface area contributed by atoms with Crippen molar-refractivity contribution in [2.45, 2.75) is 94.7 Å². The molecular formula is C47H54ClN3O11. The van der Waals surface area contributed by atoms with Crippen molar-refractivity contribution in [3.8, 4) is 16.9 Å². The molecule has 1 aliphatic carbocycles. The van der Waals surface area contributed by atoms with E-state index >= 15 is 0 Å². The topological polar surface area (TPSA) is 166 Å². The molecule has 2 fully saturated rings. The molecule has 0 spiro atoms. The van der Waals surface area contributed by atoms with E-state index in [4.69, 9.17) is 40.0 Å². The van der Waals surface area contributed by atoms with Crippen LogP contribution in [-0.4, -0.2) is 111 Å². The Hall–Kier alpha value is -5.41. The number of hydrogen-bond donors (Lipinski definition) is 2. The molecule has 0 unspecified atom stereocenters. The second-order valence-corrected chi connectivity index (χ2v) is 17.2. The zero-order valence-electron chi connectivity index (χ0n) is 36.2. The molecule has 14 nitrogen and oxygen atoms in total. The molecule has 62 heavy (non-hydrogen) atoms. The average molecular weight is 872 g/mol. The normalized spacial score (nSPS) is 29.0. The van der Waals surface area contributed by atoms with Crippen LogP contribution in [0.5, 0.6) is 5.75 Å². The molecule has 3 heterocycles. The third-order valence-electron chi connectivity index (χ3n) is 12.8.